The van der Waals surface area contributed by atoms with Crippen LogP contribution in [0.25, 0.3) is 0 Å². The lowest BCUT2D eigenvalue weighted by Gasteiger charge is -2.17. The molecule has 16 heavy (non-hydrogen) atoms. The highest BCUT2D eigenvalue weighted by atomic mass is 16.5. The van der Waals surface area contributed by atoms with E-state index in [-0.39, 0.29) is 0 Å². The molecule has 0 amide bonds. The maximum Gasteiger partial charge on any atom is 0.0613 e. The lowest BCUT2D eigenvalue weighted by Crippen LogP contribution is -2.29. The highest BCUT2D eigenvalue weighted by molar-refractivity contribution is 4.77. The summed E-state index contributed by atoms with van der Waals surface area (Å²) in [6, 6.07) is 0. The Kier molecular flexibility index (Phi) is 5.07. The van der Waals surface area contributed by atoms with Crippen LogP contribution in [0, 0.1) is 11.8 Å². The van der Waals surface area contributed by atoms with E-state index in [0.29, 0.717) is 6.10 Å². The van der Waals surface area contributed by atoms with E-state index in [1.165, 1.54) is 45.3 Å². The molecule has 0 aliphatic carbocycles. The van der Waals surface area contributed by atoms with Gasteiger partial charge in [0.1, 0.15) is 0 Å². The van der Waals surface area contributed by atoms with Gasteiger partial charge in [0.15, 0.2) is 0 Å². The lowest BCUT2D eigenvalue weighted by atomic mass is 9.99. The summed E-state index contributed by atoms with van der Waals surface area (Å²) < 4.78 is 5.70. The van der Waals surface area contributed by atoms with Gasteiger partial charge in [0.2, 0.25) is 0 Å². The normalized spacial score (nSPS) is 34.7. The lowest BCUT2D eigenvalue weighted by molar-refractivity contribution is 0.0872. The van der Waals surface area contributed by atoms with Crippen molar-refractivity contribution in [2.24, 2.45) is 11.8 Å². The quantitative estimate of drug-likeness (QED) is 0.672. The maximum absolute atomic E-state index is 5.70. The Morgan fingerprint density at radius 1 is 1.38 bits per heavy atom. The second-order valence-electron chi connectivity index (χ2n) is 5.22. The molecule has 3 unspecified atom stereocenters. The summed E-state index contributed by atoms with van der Waals surface area (Å²) in [5.41, 5.74) is 0. The molecule has 3 atom stereocenters. The Morgan fingerprint density at radius 3 is 3.06 bits per heavy atom. The van der Waals surface area contributed by atoms with Gasteiger partial charge >= 0.3 is 0 Å². The zero-order chi connectivity index (χ0) is 11.2. The summed E-state index contributed by atoms with van der Waals surface area (Å²) in [6.07, 6.45) is 5.62. The van der Waals surface area contributed by atoms with Crippen molar-refractivity contribution in [2.45, 2.75) is 38.7 Å². The summed E-state index contributed by atoms with van der Waals surface area (Å²) in [6.45, 7) is 7.98. The predicted molar refractivity (Wildman–Crippen MR) is 66.6 cm³/mol. The topological polar surface area (TPSA) is 33.3 Å². The van der Waals surface area contributed by atoms with E-state index in [0.717, 1.165) is 25.0 Å². The van der Waals surface area contributed by atoms with Gasteiger partial charge in [-0.15, -0.1) is 0 Å². The number of hydrogen-bond donors (Lipinski definition) is 2. The molecular weight excluding hydrogens is 200 g/mol. The summed E-state index contributed by atoms with van der Waals surface area (Å²) in [5, 5.41) is 7.03. The molecule has 0 bridgehead atoms. The largest absolute Gasteiger partial charge is 0.378 e. The van der Waals surface area contributed by atoms with E-state index in [1.807, 2.05) is 0 Å². The first-order valence-corrected chi connectivity index (χ1v) is 6.93. The molecule has 0 radical (unpaired) electrons. The highest BCUT2D eigenvalue weighted by Crippen LogP contribution is 2.22. The molecule has 2 rings (SSSR count). The highest BCUT2D eigenvalue weighted by Gasteiger charge is 2.26. The number of hydrogen-bond acceptors (Lipinski definition) is 3. The van der Waals surface area contributed by atoms with Crippen molar-refractivity contribution in [3.63, 3.8) is 0 Å². The van der Waals surface area contributed by atoms with Crippen LogP contribution in [0.3, 0.4) is 0 Å². The second kappa shape index (κ2) is 6.58. The van der Waals surface area contributed by atoms with Crippen LogP contribution in [-0.2, 0) is 4.74 Å². The Hall–Kier alpha value is -0.120. The van der Waals surface area contributed by atoms with Crippen molar-refractivity contribution in [1.82, 2.24) is 10.6 Å². The molecule has 3 nitrogen and oxygen atoms in total. The van der Waals surface area contributed by atoms with Crippen molar-refractivity contribution in [3.05, 3.63) is 0 Å². The van der Waals surface area contributed by atoms with Gasteiger partial charge in [-0.05, 0) is 57.2 Å². The van der Waals surface area contributed by atoms with E-state index < -0.39 is 0 Å². The third-order valence-corrected chi connectivity index (χ3v) is 4.05. The predicted octanol–water partition coefficient (Wildman–Crippen LogP) is 1.39. The van der Waals surface area contributed by atoms with E-state index >= 15 is 0 Å². The summed E-state index contributed by atoms with van der Waals surface area (Å²) in [7, 11) is 0. The monoisotopic (exact) mass is 226 g/mol. The molecule has 3 heteroatoms. The smallest absolute Gasteiger partial charge is 0.0613 e. The average Bonchev–Trinajstić information content (AvgIpc) is 2.95. The average molecular weight is 226 g/mol. The fraction of sp³-hybridized carbons (Fsp3) is 1.00. The summed E-state index contributed by atoms with van der Waals surface area (Å²) in [5.74, 6) is 1.67. The number of ether oxygens (including phenoxy) is 1. The van der Waals surface area contributed by atoms with Gasteiger partial charge in [-0.3, -0.25) is 0 Å². The van der Waals surface area contributed by atoms with Gasteiger partial charge in [-0.1, -0.05) is 6.92 Å². The first kappa shape index (κ1) is 12.3. The van der Waals surface area contributed by atoms with Crippen LogP contribution >= 0.6 is 0 Å². The Balaban J connectivity index is 1.53. The Bertz CT molecular complexity index is 192. The molecule has 0 aromatic rings. The molecule has 2 saturated heterocycles. The van der Waals surface area contributed by atoms with Gasteiger partial charge in [-0.25, -0.2) is 0 Å². The zero-order valence-corrected chi connectivity index (χ0v) is 10.5. The Morgan fingerprint density at radius 2 is 2.31 bits per heavy atom. The van der Waals surface area contributed by atoms with E-state index in [9.17, 15) is 0 Å². The van der Waals surface area contributed by atoms with E-state index in [2.05, 4.69) is 17.6 Å². The van der Waals surface area contributed by atoms with Crippen LogP contribution in [0.15, 0.2) is 0 Å². The van der Waals surface area contributed by atoms with Crippen LogP contribution in [0.2, 0.25) is 0 Å². The molecule has 2 N–H and O–H groups in total. The third kappa shape index (κ3) is 3.44. The molecule has 2 heterocycles. The standard InChI is InChI=1S/C13H26N2O/c1-2-13-12(5-8-16-13)10-15-7-4-11-3-6-14-9-11/h11-15H,2-10H2,1H3. The minimum Gasteiger partial charge on any atom is -0.378 e. The number of rotatable bonds is 6. The molecule has 0 spiro atoms. The van der Waals surface area contributed by atoms with Crippen molar-refractivity contribution in [1.29, 1.82) is 0 Å². The van der Waals surface area contributed by atoms with Crippen molar-refractivity contribution in [2.75, 3.05) is 32.8 Å². The van der Waals surface area contributed by atoms with Crippen LogP contribution < -0.4 is 10.6 Å². The van der Waals surface area contributed by atoms with Crippen LogP contribution in [0.4, 0.5) is 0 Å². The van der Waals surface area contributed by atoms with Gasteiger partial charge in [0.25, 0.3) is 0 Å². The van der Waals surface area contributed by atoms with Crippen LogP contribution in [-0.4, -0.2) is 38.9 Å². The van der Waals surface area contributed by atoms with Crippen molar-refractivity contribution >= 4 is 0 Å². The SMILES string of the molecule is CCC1OCCC1CNCCC1CCNC1. The van der Waals surface area contributed by atoms with Gasteiger partial charge in [0.05, 0.1) is 6.10 Å². The molecule has 2 aliphatic heterocycles. The second-order valence-corrected chi connectivity index (χ2v) is 5.22. The summed E-state index contributed by atoms with van der Waals surface area (Å²) >= 11 is 0. The van der Waals surface area contributed by atoms with Crippen molar-refractivity contribution in [3.8, 4) is 0 Å². The molecule has 94 valence electrons. The first-order valence-electron chi connectivity index (χ1n) is 6.93. The Labute approximate surface area is 99.3 Å². The third-order valence-electron chi connectivity index (χ3n) is 4.05. The zero-order valence-electron chi connectivity index (χ0n) is 10.5. The fourth-order valence-corrected chi connectivity index (χ4v) is 2.93. The van der Waals surface area contributed by atoms with E-state index in [4.69, 9.17) is 4.74 Å². The fourth-order valence-electron chi connectivity index (χ4n) is 2.93. The summed E-state index contributed by atoms with van der Waals surface area (Å²) in [4.78, 5) is 0. The van der Waals surface area contributed by atoms with Crippen LogP contribution in [0.5, 0.6) is 0 Å². The molecule has 0 saturated carbocycles. The maximum atomic E-state index is 5.70. The minimum absolute atomic E-state index is 0.514. The molecule has 2 fully saturated rings. The molecule has 0 aromatic heterocycles. The number of nitrogens with one attached hydrogen (secondary N) is 2. The van der Waals surface area contributed by atoms with Gasteiger partial charge in [-0.2, -0.15) is 0 Å². The first-order chi connectivity index (χ1) is 7.90. The van der Waals surface area contributed by atoms with Gasteiger partial charge in [0, 0.05) is 13.2 Å². The van der Waals surface area contributed by atoms with Crippen molar-refractivity contribution < 1.29 is 4.74 Å². The molecular formula is C13H26N2O. The van der Waals surface area contributed by atoms with Crippen LogP contribution in [0.1, 0.15) is 32.6 Å². The minimum atomic E-state index is 0.514. The van der Waals surface area contributed by atoms with Gasteiger partial charge < -0.3 is 15.4 Å². The molecule has 0 aromatic carbocycles. The molecule has 2 aliphatic rings. The van der Waals surface area contributed by atoms with E-state index in [1.54, 1.807) is 0 Å².